The molecule has 0 spiro atoms. The SMILES string of the molecule is CCCCCCCC(N1CCOCC1)n1nnc2ccccc21. The van der Waals surface area contributed by atoms with E-state index in [0.29, 0.717) is 6.17 Å². The van der Waals surface area contributed by atoms with Gasteiger partial charge in [0.15, 0.2) is 0 Å². The zero-order valence-corrected chi connectivity index (χ0v) is 14.2. The smallest absolute Gasteiger partial charge is 0.113 e. The summed E-state index contributed by atoms with van der Waals surface area (Å²) in [6.07, 6.45) is 7.96. The van der Waals surface area contributed by atoms with Gasteiger partial charge in [-0.3, -0.25) is 4.90 Å². The molecule has 0 bridgehead atoms. The maximum Gasteiger partial charge on any atom is 0.113 e. The lowest BCUT2D eigenvalue weighted by atomic mass is 10.1. The first-order chi connectivity index (χ1) is 11.4. The quantitative estimate of drug-likeness (QED) is 0.698. The number of nitrogens with zero attached hydrogens (tertiary/aromatic N) is 4. The Kier molecular flexibility index (Phi) is 6.00. The Labute approximate surface area is 138 Å². The molecule has 1 aromatic carbocycles. The second-order valence-electron chi connectivity index (χ2n) is 6.35. The number of aromatic nitrogens is 3. The van der Waals surface area contributed by atoms with Gasteiger partial charge >= 0.3 is 0 Å². The summed E-state index contributed by atoms with van der Waals surface area (Å²) < 4.78 is 7.65. The molecule has 5 heteroatoms. The molecule has 23 heavy (non-hydrogen) atoms. The number of hydrogen-bond donors (Lipinski definition) is 0. The van der Waals surface area contributed by atoms with Gasteiger partial charge < -0.3 is 4.74 Å². The first kappa shape index (κ1) is 16.4. The number of hydrogen-bond acceptors (Lipinski definition) is 4. The molecule has 1 fully saturated rings. The topological polar surface area (TPSA) is 43.2 Å². The van der Waals surface area contributed by atoms with Gasteiger partial charge in [-0.1, -0.05) is 50.0 Å². The van der Waals surface area contributed by atoms with Crippen molar-refractivity contribution in [2.75, 3.05) is 26.3 Å². The zero-order valence-electron chi connectivity index (χ0n) is 14.2. The van der Waals surface area contributed by atoms with Gasteiger partial charge in [-0.05, 0) is 25.0 Å². The van der Waals surface area contributed by atoms with Crippen molar-refractivity contribution >= 4 is 11.0 Å². The molecule has 1 aliphatic heterocycles. The fourth-order valence-corrected chi connectivity index (χ4v) is 3.37. The molecule has 2 heterocycles. The van der Waals surface area contributed by atoms with Crippen LogP contribution in [-0.4, -0.2) is 46.2 Å². The van der Waals surface area contributed by atoms with Crippen molar-refractivity contribution in [3.8, 4) is 0 Å². The third kappa shape index (κ3) is 4.09. The van der Waals surface area contributed by atoms with E-state index in [1.165, 1.54) is 32.1 Å². The van der Waals surface area contributed by atoms with Gasteiger partial charge in [0.1, 0.15) is 11.7 Å². The molecule has 126 valence electrons. The minimum Gasteiger partial charge on any atom is -0.379 e. The van der Waals surface area contributed by atoms with Gasteiger partial charge in [0.05, 0.1) is 18.7 Å². The summed E-state index contributed by atoms with van der Waals surface area (Å²) in [5.74, 6) is 0. The molecular weight excluding hydrogens is 288 g/mol. The molecule has 1 aromatic heterocycles. The van der Waals surface area contributed by atoms with Crippen LogP contribution in [0.3, 0.4) is 0 Å². The summed E-state index contributed by atoms with van der Waals surface area (Å²) in [7, 11) is 0. The van der Waals surface area contributed by atoms with E-state index in [9.17, 15) is 0 Å². The van der Waals surface area contributed by atoms with Crippen LogP contribution in [-0.2, 0) is 4.74 Å². The van der Waals surface area contributed by atoms with E-state index in [1.807, 2.05) is 12.1 Å². The van der Waals surface area contributed by atoms with Gasteiger partial charge in [-0.25, -0.2) is 4.68 Å². The Hall–Kier alpha value is -1.46. The maximum atomic E-state index is 5.53. The van der Waals surface area contributed by atoms with Gasteiger partial charge in [0, 0.05) is 13.1 Å². The van der Waals surface area contributed by atoms with Crippen molar-refractivity contribution in [1.82, 2.24) is 19.9 Å². The highest BCUT2D eigenvalue weighted by atomic mass is 16.5. The predicted molar refractivity (Wildman–Crippen MR) is 92.3 cm³/mol. The average molecular weight is 316 g/mol. The summed E-state index contributed by atoms with van der Waals surface area (Å²) in [4.78, 5) is 2.50. The number of rotatable bonds is 8. The Balaban J connectivity index is 1.74. The van der Waals surface area contributed by atoms with Crippen molar-refractivity contribution < 1.29 is 4.74 Å². The number of unbranched alkanes of at least 4 members (excludes halogenated alkanes) is 4. The maximum absolute atomic E-state index is 5.53. The van der Waals surface area contributed by atoms with Crippen LogP contribution in [0.1, 0.15) is 51.6 Å². The lowest BCUT2D eigenvalue weighted by Crippen LogP contribution is -2.41. The van der Waals surface area contributed by atoms with Crippen molar-refractivity contribution in [3.05, 3.63) is 24.3 Å². The molecule has 2 aromatic rings. The van der Waals surface area contributed by atoms with E-state index < -0.39 is 0 Å². The second-order valence-corrected chi connectivity index (χ2v) is 6.35. The summed E-state index contributed by atoms with van der Waals surface area (Å²) in [6.45, 7) is 5.86. The lowest BCUT2D eigenvalue weighted by molar-refractivity contribution is -0.00755. The van der Waals surface area contributed by atoms with E-state index in [1.54, 1.807) is 0 Å². The van der Waals surface area contributed by atoms with E-state index in [-0.39, 0.29) is 0 Å². The highest BCUT2D eigenvalue weighted by Crippen LogP contribution is 2.25. The molecule has 1 saturated heterocycles. The Morgan fingerprint density at radius 2 is 1.87 bits per heavy atom. The molecular formula is C18H28N4O. The molecule has 1 aliphatic rings. The van der Waals surface area contributed by atoms with Gasteiger partial charge in [-0.15, -0.1) is 5.10 Å². The van der Waals surface area contributed by atoms with Crippen molar-refractivity contribution in [2.45, 2.75) is 51.6 Å². The minimum absolute atomic E-state index is 0.299. The summed E-state index contributed by atoms with van der Waals surface area (Å²) in [5, 5.41) is 8.82. The number of ether oxygens (including phenoxy) is 1. The molecule has 1 unspecified atom stereocenters. The number of benzene rings is 1. The van der Waals surface area contributed by atoms with Crippen LogP contribution in [0.4, 0.5) is 0 Å². The van der Waals surface area contributed by atoms with Crippen molar-refractivity contribution in [3.63, 3.8) is 0 Å². The van der Waals surface area contributed by atoms with Crippen LogP contribution < -0.4 is 0 Å². The van der Waals surface area contributed by atoms with Gasteiger partial charge in [0.25, 0.3) is 0 Å². The average Bonchev–Trinajstić information content (AvgIpc) is 3.03. The minimum atomic E-state index is 0.299. The molecule has 3 rings (SSSR count). The third-order valence-corrected chi connectivity index (χ3v) is 4.69. The molecule has 0 N–H and O–H groups in total. The van der Waals surface area contributed by atoms with E-state index in [4.69, 9.17) is 4.74 Å². The van der Waals surface area contributed by atoms with Crippen LogP contribution in [0.25, 0.3) is 11.0 Å². The summed E-state index contributed by atoms with van der Waals surface area (Å²) in [5.41, 5.74) is 2.12. The lowest BCUT2D eigenvalue weighted by Gasteiger charge is -2.34. The Bertz CT molecular complexity index is 591. The molecule has 1 atom stereocenters. The predicted octanol–water partition coefficient (Wildman–Crippen LogP) is 3.62. The van der Waals surface area contributed by atoms with Crippen LogP contribution in [0, 0.1) is 0 Å². The van der Waals surface area contributed by atoms with Crippen LogP contribution >= 0.6 is 0 Å². The standard InChI is InChI=1S/C18H28N4O/c1-2-3-4-5-6-11-18(21-12-14-23-15-13-21)22-17-10-8-7-9-16(17)19-20-22/h7-10,18H,2-6,11-15H2,1H3. The third-order valence-electron chi connectivity index (χ3n) is 4.69. The highest BCUT2D eigenvalue weighted by Gasteiger charge is 2.24. The second kappa shape index (κ2) is 8.41. The largest absolute Gasteiger partial charge is 0.379 e. The van der Waals surface area contributed by atoms with Crippen LogP contribution in [0.2, 0.25) is 0 Å². The Morgan fingerprint density at radius 1 is 1.09 bits per heavy atom. The summed E-state index contributed by atoms with van der Waals surface area (Å²) in [6, 6.07) is 8.26. The van der Waals surface area contributed by atoms with E-state index in [0.717, 1.165) is 43.8 Å². The monoisotopic (exact) mass is 316 g/mol. The van der Waals surface area contributed by atoms with Gasteiger partial charge in [0.2, 0.25) is 0 Å². The molecule has 0 aliphatic carbocycles. The molecule has 0 amide bonds. The Morgan fingerprint density at radius 3 is 2.70 bits per heavy atom. The number of para-hydroxylation sites is 1. The fraction of sp³-hybridized carbons (Fsp3) is 0.667. The van der Waals surface area contributed by atoms with Gasteiger partial charge in [-0.2, -0.15) is 0 Å². The van der Waals surface area contributed by atoms with E-state index >= 15 is 0 Å². The normalized spacial score (nSPS) is 17.6. The van der Waals surface area contributed by atoms with Crippen LogP contribution in [0.5, 0.6) is 0 Å². The summed E-state index contributed by atoms with van der Waals surface area (Å²) >= 11 is 0. The number of morpholine rings is 1. The highest BCUT2D eigenvalue weighted by molar-refractivity contribution is 5.73. The molecule has 5 nitrogen and oxygen atoms in total. The zero-order chi connectivity index (χ0) is 15.9. The first-order valence-corrected chi connectivity index (χ1v) is 9.02. The molecule has 0 radical (unpaired) electrons. The molecule has 0 saturated carbocycles. The first-order valence-electron chi connectivity index (χ1n) is 9.02. The van der Waals surface area contributed by atoms with Crippen molar-refractivity contribution in [1.29, 1.82) is 0 Å². The van der Waals surface area contributed by atoms with E-state index in [2.05, 4.69) is 39.0 Å². The van der Waals surface area contributed by atoms with Crippen molar-refractivity contribution in [2.24, 2.45) is 0 Å². The van der Waals surface area contributed by atoms with Crippen LogP contribution in [0.15, 0.2) is 24.3 Å². The number of fused-ring (bicyclic) bond motifs is 1. The fourth-order valence-electron chi connectivity index (χ4n) is 3.37.